The smallest absolute Gasteiger partial charge is 0.185 e. The van der Waals surface area contributed by atoms with Crippen LogP contribution in [0.2, 0.25) is 0 Å². The fourth-order valence-electron chi connectivity index (χ4n) is 3.47. The third-order valence-electron chi connectivity index (χ3n) is 4.58. The number of aryl methyl sites for hydroxylation is 1. The minimum absolute atomic E-state index is 0.437. The summed E-state index contributed by atoms with van der Waals surface area (Å²) < 4.78 is 1.60. The summed E-state index contributed by atoms with van der Waals surface area (Å²) >= 11 is 0. The number of hydrogen-bond acceptors (Lipinski definition) is 5. The molecule has 126 valence electrons. The number of nitrogens with zero attached hydrogens (tertiary/aromatic N) is 4. The molecule has 5 rings (SSSR count). The number of nitrogens with one attached hydrogen (secondary N) is 1. The predicted molar refractivity (Wildman–Crippen MR) is 105 cm³/mol. The Bertz CT molecular complexity index is 1290. The molecule has 0 saturated carbocycles. The van der Waals surface area contributed by atoms with Crippen LogP contribution in [0, 0.1) is 6.92 Å². The summed E-state index contributed by atoms with van der Waals surface area (Å²) in [4.78, 5) is 0. The molecule has 3 N–H and O–H groups in total. The van der Waals surface area contributed by atoms with Crippen molar-refractivity contribution in [2.45, 2.75) is 6.92 Å². The fourth-order valence-corrected chi connectivity index (χ4v) is 3.47. The van der Waals surface area contributed by atoms with E-state index in [1.54, 1.807) is 10.8 Å². The Kier molecular flexibility index (Phi) is 3.05. The van der Waals surface area contributed by atoms with Gasteiger partial charge in [0.05, 0.1) is 11.1 Å². The second kappa shape index (κ2) is 5.42. The van der Waals surface area contributed by atoms with E-state index in [2.05, 4.69) is 51.8 Å². The number of nitrogen functional groups attached to an aromatic ring is 1. The molecule has 6 nitrogen and oxygen atoms in total. The molecule has 0 fully saturated rings. The van der Waals surface area contributed by atoms with Crippen LogP contribution in [0.15, 0.2) is 60.9 Å². The Morgan fingerprint density at radius 1 is 0.962 bits per heavy atom. The molecular formula is C20H16N6. The number of benzene rings is 3. The monoisotopic (exact) mass is 340 g/mol. The number of aromatic nitrogens is 4. The van der Waals surface area contributed by atoms with Crippen LogP contribution < -0.4 is 11.1 Å². The van der Waals surface area contributed by atoms with Gasteiger partial charge < -0.3 is 11.1 Å². The minimum Gasteiger partial charge on any atom is -0.382 e. The zero-order chi connectivity index (χ0) is 17.7. The molecule has 2 heterocycles. The maximum Gasteiger partial charge on any atom is 0.185 e. The lowest BCUT2D eigenvalue weighted by molar-refractivity contribution is 0.944. The Hall–Kier alpha value is -3.67. The normalized spacial score (nSPS) is 11.4. The Balaban J connectivity index is 1.76. The topological polar surface area (TPSA) is 81.1 Å². The Morgan fingerprint density at radius 3 is 2.73 bits per heavy atom. The van der Waals surface area contributed by atoms with Crippen LogP contribution in [-0.4, -0.2) is 19.8 Å². The highest BCUT2D eigenvalue weighted by Crippen LogP contribution is 2.34. The predicted octanol–water partition coefficient (Wildman–Crippen LogP) is 4.06. The first-order valence-corrected chi connectivity index (χ1v) is 8.35. The van der Waals surface area contributed by atoms with Gasteiger partial charge >= 0.3 is 0 Å². The van der Waals surface area contributed by atoms with Gasteiger partial charge in [0, 0.05) is 16.5 Å². The van der Waals surface area contributed by atoms with Crippen LogP contribution in [0.4, 0.5) is 17.2 Å². The van der Waals surface area contributed by atoms with E-state index >= 15 is 0 Å². The second-order valence-corrected chi connectivity index (χ2v) is 6.37. The van der Waals surface area contributed by atoms with Crippen LogP contribution in [-0.2, 0) is 0 Å². The molecular weight excluding hydrogens is 324 g/mol. The van der Waals surface area contributed by atoms with Gasteiger partial charge in [-0.05, 0) is 30.0 Å². The van der Waals surface area contributed by atoms with Crippen molar-refractivity contribution in [3.05, 3.63) is 66.5 Å². The molecule has 0 aliphatic rings. The van der Waals surface area contributed by atoms with E-state index in [9.17, 15) is 0 Å². The molecule has 0 spiro atoms. The van der Waals surface area contributed by atoms with Gasteiger partial charge in [0.25, 0.3) is 0 Å². The SMILES string of the molecule is Cc1cc(Nc2cccc3c2c(N)nn2cnnc32)c2ccccc2c1. The van der Waals surface area contributed by atoms with Crippen molar-refractivity contribution >= 4 is 44.4 Å². The molecule has 5 aromatic rings. The summed E-state index contributed by atoms with van der Waals surface area (Å²) in [6.07, 6.45) is 1.55. The number of nitrogens with two attached hydrogens (primary N) is 1. The molecule has 0 saturated heterocycles. The van der Waals surface area contributed by atoms with Crippen LogP contribution in [0.5, 0.6) is 0 Å². The van der Waals surface area contributed by atoms with Gasteiger partial charge in [-0.1, -0.05) is 42.5 Å². The molecule has 2 aromatic heterocycles. The van der Waals surface area contributed by atoms with Crippen molar-refractivity contribution in [3.8, 4) is 0 Å². The molecule has 0 amide bonds. The van der Waals surface area contributed by atoms with E-state index in [-0.39, 0.29) is 0 Å². The summed E-state index contributed by atoms with van der Waals surface area (Å²) in [5.41, 5.74) is 10.1. The maximum absolute atomic E-state index is 6.25. The summed E-state index contributed by atoms with van der Waals surface area (Å²) in [5, 5.41) is 20.1. The zero-order valence-corrected chi connectivity index (χ0v) is 14.1. The quantitative estimate of drug-likeness (QED) is 0.506. The molecule has 0 radical (unpaired) electrons. The highest BCUT2D eigenvalue weighted by Gasteiger charge is 2.13. The summed E-state index contributed by atoms with van der Waals surface area (Å²) in [7, 11) is 0. The average Bonchev–Trinajstić information content (AvgIpc) is 3.10. The van der Waals surface area contributed by atoms with Gasteiger partial charge in [-0.2, -0.15) is 4.52 Å². The van der Waals surface area contributed by atoms with E-state index in [0.717, 1.165) is 27.5 Å². The van der Waals surface area contributed by atoms with Crippen LogP contribution in [0.3, 0.4) is 0 Å². The van der Waals surface area contributed by atoms with Gasteiger partial charge in [-0.15, -0.1) is 15.3 Å². The molecule has 0 aliphatic heterocycles. The second-order valence-electron chi connectivity index (χ2n) is 6.37. The zero-order valence-electron chi connectivity index (χ0n) is 14.1. The first-order chi connectivity index (χ1) is 12.7. The van der Waals surface area contributed by atoms with E-state index < -0.39 is 0 Å². The number of fused-ring (bicyclic) bond motifs is 4. The lowest BCUT2D eigenvalue weighted by atomic mass is 10.0. The third-order valence-corrected chi connectivity index (χ3v) is 4.58. The van der Waals surface area contributed by atoms with E-state index in [4.69, 9.17) is 5.73 Å². The lowest BCUT2D eigenvalue weighted by Crippen LogP contribution is -2.02. The number of anilines is 3. The summed E-state index contributed by atoms with van der Waals surface area (Å²) in [6.45, 7) is 2.09. The van der Waals surface area contributed by atoms with Crippen LogP contribution in [0.1, 0.15) is 5.56 Å². The van der Waals surface area contributed by atoms with Crippen LogP contribution >= 0.6 is 0 Å². The molecule has 0 bridgehead atoms. The van der Waals surface area contributed by atoms with Gasteiger partial charge in [0.2, 0.25) is 0 Å². The fraction of sp³-hybridized carbons (Fsp3) is 0.0500. The standard InChI is InChI=1S/C20H16N6/c1-12-9-13-5-2-3-6-14(13)17(10-12)23-16-8-4-7-15-18(16)19(21)25-26-11-22-24-20(15)26/h2-11,23H,1H3,(H2,21,25). The molecule has 0 unspecified atom stereocenters. The molecule has 0 aliphatic carbocycles. The number of hydrogen-bond donors (Lipinski definition) is 2. The summed E-state index contributed by atoms with van der Waals surface area (Å²) in [5.74, 6) is 0.437. The van der Waals surface area contributed by atoms with Crippen molar-refractivity contribution in [1.29, 1.82) is 0 Å². The van der Waals surface area contributed by atoms with Gasteiger partial charge in [-0.3, -0.25) is 0 Å². The van der Waals surface area contributed by atoms with Crippen molar-refractivity contribution < 1.29 is 0 Å². The molecule has 3 aromatic carbocycles. The number of rotatable bonds is 2. The van der Waals surface area contributed by atoms with Crippen molar-refractivity contribution in [2.24, 2.45) is 0 Å². The highest BCUT2D eigenvalue weighted by atomic mass is 15.3. The highest BCUT2D eigenvalue weighted by molar-refractivity contribution is 6.08. The Labute approximate surface area is 149 Å². The van der Waals surface area contributed by atoms with Gasteiger partial charge in [0.15, 0.2) is 11.5 Å². The van der Waals surface area contributed by atoms with Crippen LogP contribution in [0.25, 0.3) is 27.2 Å². The first-order valence-electron chi connectivity index (χ1n) is 8.35. The lowest BCUT2D eigenvalue weighted by Gasteiger charge is -2.14. The third kappa shape index (κ3) is 2.16. The van der Waals surface area contributed by atoms with Crippen molar-refractivity contribution in [3.63, 3.8) is 0 Å². The molecule has 0 atom stereocenters. The molecule has 6 heteroatoms. The van der Waals surface area contributed by atoms with Crippen molar-refractivity contribution in [2.75, 3.05) is 11.1 Å². The largest absolute Gasteiger partial charge is 0.382 e. The van der Waals surface area contributed by atoms with E-state index in [1.807, 2.05) is 30.3 Å². The van der Waals surface area contributed by atoms with Crippen molar-refractivity contribution in [1.82, 2.24) is 19.8 Å². The molecule has 26 heavy (non-hydrogen) atoms. The van der Waals surface area contributed by atoms with Gasteiger partial charge in [-0.25, -0.2) is 0 Å². The summed E-state index contributed by atoms with van der Waals surface area (Å²) in [6, 6.07) is 18.6. The van der Waals surface area contributed by atoms with E-state index in [0.29, 0.717) is 11.5 Å². The minimum atomic E-state index is 0.437. The first kappa shape index (κ1) is 14.7. The average molecular weight is 340 g/mol. The maximum atomic E-state index is 6.25. The van der Waals surface area contributed by atoms with Gasteiger partial charge in [0.1, 0.15) is 6.33 Å². The Morgan fingerprint density at radius 2 is 1.81 bits per heavy atom. The van der Waals surface area contributed by atoms with E-state index in [1.165, 1.54) is 10.9 Å².